The van der Waals surface area contributed by atoms with E-state index < -0.39 is 0 Å². The molecule has 8 aromatic carbocycles. The lowest BCUT2D eigenvalue weighted by Crippen LogP contribution is -2.16. The smallest absolute Gasteiger partial charge is 0.136 e. The first-order valence-corrected chi connectivity index (χ1v) is 17.7. The van der Waals surface area contributed by atoms with Crippen LogP contribution in [0.3, 0.4) is 0 Å². The number of rotatable bonds is 5. The van der Waals surface area contributed by atoms with Gasteiger partial charge in [-0.2, -0.15) is 0 Å². The van der Waals surface area contributed by atoms with Crippen molar-refractivity contribution in [3.63, 3.8) is 0 Å². The Hall–Kier alpha value is -6.38. The highest BCUT2D eigenvalue weighted by Crippen LogP contribution is 2.56. The summed E-state index contributed by atoms with van der Waals surface area (Å²) in [6.45, 7) is 4.75. The van der Waals surface area contributed by atoms with E-state index in [0.29, 0.717) is 0 Å². The summed E-state index contributed by atoms with van der Waals surface area (Å²) < 4.78 is 6.25. The number of hydrogen-bond acceptors (Lipinski definition) is 2. The normalized spacial score (nSPS) is 13.1. The lowest BCUT2D eigenvalue weighted by atomic mass is 9.80. The molecule has 0 N–H and O–H groups in total. The Balaban J connectivity index is 1.16. The molecule has 0 amide bonds. The zero-order valence-electron chi connectivity index (χ0n) is 28.6. The predicted octanol–water partition coefficient (Wildman–Crippen LogP) is 13.8. The van der Waals surface area contributed by atoms with Crippen LogP contribution in [0.4, 0.5) is 17.1 Å². The third kappa shape index (κ3) is 4.64. The summed E-state index contributed by atoms with van der Waals surface area (Å²) in [5.74, 6) is 0. The van der Waals surface area contributed by atoms with Crippen LogP contribution in [-0.2, 0) is 5.41 Å². The maximum atomic E-state index is 6.25. The summed E-state index contributed by atoms with van der Waals surface area (Å²) in [5, 5.41) is 4.85. The summed E-state index contributed by atoms with van der Waals surface area (Å²) in [4.78, 5) is 2.45. The van der Waals surface area contributed by atoms with E-state index in [0.717, 1.165) is 44.4 Å². The van der Waals surface area contributed by atoms with Crippen LogP contribution >= 0.6 is 0 Å². The fourth-order valence-electron chi connectivity index (χ4n) is 8.38. The van der Waals surface area contributed by atoms with Gasteiger partial charge in [-0.15, -0.1) is 0 Å². The highest BCUT2D eigenvalue weighted by molar-refractivity contribution is 6.07. The van der Waals surface area contributed by atoms with Crippen LogP contribution in [0.25, 0.3) is 66.1 Å². The first kappa shape index (κ1) is 29.5. The molecule has 0 saturated heterocycles. The average molecular weight is 654 g/mol. The molecule has 0 bridgehead atoms. The van der Waals surface area contributed by atoms with Gasteiger partial charge in [-0.1, -0.05) is 141 Å². The number of para-hydroxylation sites is 1. The number of fused-ring (bicyclic) bond motifs is 8. The number of benzene rings is 8. The lowest BCUT2D eigenvalue weighted by molar-refractivity contribution is 0.666. The fourth-order valence-corrected chi connectivity index (χ4v) is 8.38. The van der Waals surface area contributed by atoms with E-state index in [9.17, 15) is 0 Å². The zero-order chi connectivity index (χ0) is 34.1. The van der Waals surface area contributed by atoms with Crippen molar-refractivity contribution >= 4 is 49.8 Å². The molecule has 1 aromatic heterocycles. The Morgan fingerprint density at radius 3 is 1.78 bits per heavy atom. The molecule has 51 heavy (non-hydrogen) atoms. The van der Waals surface area contributed by atoms with Crippen molar-refractivity contribution in [1.82, 2.24) is 0 Å². The molecule has 0 aliphatic heterocycles. The Labute approximate surface area is 297 Å². The zero-order valence-corrected chi connectivity index (χ0v) is 28.6. The second-order valence-corrected chi connectivity index (χ2v) is 14.1. The van der Waals surface area contributed by atoms with Gasteiger partial charge in [0.25, 0.3) is 0 Å². The van der Waals surface area contributed by atoms with E-state index in [1.807, 2.05) is 12.1 Å². The summed E-state index contributed by atoms with van der Waals surface area (Å²) in [6.07, 6.45) is 0. The molecule has 0 radical (unpaired) electrons. The van der Waals surface area contributed by atoms with Crippen LogP contribution in [0.2, 0.25) is 0 Å². The molecule has 2 nitrogen and oxygen atoms in total. The molecule has 9 aromatic rings. The van der Waals surface area contributed by atoms with Gasteiger partial charge in [0.15, 0.2) is 0 Å². The molecular weight excluding hydrogens is 619 g/mol. The minimum atomic E-state index is -0.149. The molecule has 0 saturated carbocycles. The molecule has 242 valence electrons. The number of hydrogen-bond donors (Lipinski definition) is 0. The summed E-state index contributed by atoms with van der Waals surface area (Å²) in [5.41, 5.74) is 15.1. The quantitative estimate of drug-likeness (QED) is 0.184. The molecule has 10 rings (SSSR count). The summed E-state index contributed by atoms with van der Waals surface area (Å²) in [6, 6.07) is 63.6. The molecular formula is C49H35NO. The summed E-state index contributed by atoms with van der Waals surface area (Å²) in [7, 11) is 0. The maximum Gasteiger partial charge on any atom is 0.136 e. The van der Waals surface area contributed by atoms with Gasteiger partial charge in [-0.05, 0) is 98.2 Å². The van der Waals surface area contributed by atoms with Crippen molar-refractivity contribution in [1.29, 1.82) is 0 Å². The molecule has 0 unspecified atom stereocenters. The summed E-state index contributed by atoms with van der Waals surface area (Å²) >= 11 is 0. The van der Waals surface area contributed by atoms with Crippen LogP contribution in [0.1, 0.15) is 25.0 Å². The van der Waals surface area contributed by atoms with Crippen molar-refractivity contribution in [2.75, 3.05) is 4.90 Å². The Morgan fingerprint density at radius 1 is 0.451 bits per heavy atom. The van der Waals surface area contributed by atoms with Gasteiger partial charge in [-0.3, -0.25) is 0 Å². The van der Waals surface area contributed by atoms with Crippen molar-refractivity contribution in [2.45, 2.75) is 19.3 Å². The topological polar surface area (TPSA) is 16.4 Å². The van der Waals surface area contributed by atoms with Crippen LogP contribution < -0.4 is 4.90 Å². The lowest BCUT2D eigenvalue weighted by Gasteiger charge is -2.30. The van der Waals surface area contributed by atoms with Crippen LogP contribution in [0.15, 0.2) is 180 Å². The second-order valence-electron chi connectivity index (χ2n) is 14.1. The second kappa shape index (κ2) is 11.3. The number of anilines is 3. The average Bonchev–Trinajstić information content (AvgIpc) is 3.68. The molecule has 1 aliphatic carbocycles. The molecule has 1 heterocycles. The van der Waals surface area contributed by atoms with Crippen molar-refractivity contribution < 1.29 is 4.42 Å². The van der Waals surface area contributed by atoms with Crippen LogP contribution in [0.5, 0.6) is 0 Å². The Morgan fingerprint density at radius 2 is 1.02 bits per heavy atom. The highest BCUT2D eigenvalue weighted by atomic mass is 16.3. The third-order valence-electron chi connectivity index (χ3n) is 10.8. The minimum absolute atomic E-state index is 0.149. The maximum absolute atomic E-state index is 6.25. The Bertz CT molecular complexity index is 2750. The van der Waals surface area contributed by atoms with Crippen LogP contribution in [0, 0.1) is 0 Å². The first-order chi connectivity index (χ1) is 25.0. The van der Waals surface area contributed by atoms with E-state index in [-0.39, 0.29) is 5.41 Å². The minimum Gasteiger partial charge on any atom is -0.456 e. The number of nitrogens with zero attached hydrogens (tertiary/aromatic N) is 1. The highest BCUT2D eigenvalue weighted by Gasteiger charge is 2.39. The van der Waals surface area contributed by atoms with E-state index in [2.05, 4.69) is 183 Å². The fraction of sp³-hybridized carbons (Fsp3) is 0.0612. The third-order valence-corrected chi connectivity index (χ3v) is 10.8. The van der Waals surface area contributed by atoms with Gasteiger partial charge in [0, 0.05) is 33.1 Å². The van der Waals surface area contributed by atoms with Crippen molar-refractivity contribution in [3.05, 3.63) is 187 Å². The molecule has 0 fully saturated rings. The van der Waals surface area contributed by atoms with Gasteiger partial charge < -0.3 is 9.32 Å². The first-order valence-electron chi connectivity index (χ1n) is 17.7. The van der Waals surface area contributed by atoms with Gasteiger partial charge >= 0.3 is 0 Å². The number of furan rings is 1. The van der Waals surface area contributed by atoms with Crippen LogP contribution in [-0.4, -0.2) is 0 Å². The molecule has 0 spiro atoms. The Kier molecular flexibility index (Phi) is 6.56. The molecule has 2 heteroatoms. The van der Waals surface area contributed by atoms with Gasteiger partial charge in [0.2, 0.25) is 0 Å². The standard InChI is InChI=1S/C49H35NO/c1-49(2)43-18-10-8-17-42(43)47-44(30-36-14-6-7-15-39(36)48(47)49)50(37-25-20-33(21-26-37)32-12-4-3-5-13-32)38-27-22-34(23-28-38)35-24-29-41-40-16-9-11-19-45(40)51-46(41)31-35/h3-31H,1-2H3. The van der Waals surface area contributed by atoms with Gasteiger partial charge in [-0.25, -0.2) is 0 Å². The molecule has 0 atom stereocenters. The van der Waals surface area contributed by atoms with E-state index in [1.165, 1.54) is 49.8 Å². The van der Waals surface area contributed by atoms with E-state index in [4.69, 9.17) is 4.42 Å². The van der Waals surface area contributed by atoms with E-state index in [1.54, 1.807) is 0 Å². The van der Waals surface area contributed by atoms with Crippen molar-refractivity contribution in [3.8, 4) is 33.4 Å². The molecule has 1 aliphatic rings. The monoisotopic (exact) mass is 653 g/mol. The van der Waals surface area contributed by atoms with Crippen molar-refractivity contribution in [2.24, 2.45) is 0 Å². The van der Waals surface area contributed by atoms with E-state index >= 15 is 0 Å². The van der Waals surface area contributed by atoms with Gasteiger partial charge in [0.05, 0.1) is 5.69 Å². The SMILES string of the molecule is CC1(C)c2ccccc2-c2c(N(c3ccc(-c4ccccc4)cc3)c3ccc(-c4ccc5c(c4)oc4ccccc45)cc3)cc3ccccc3c21. The largest absolute Gasteiger partial charge is 0.456 e. The predicted molar refractivity (Wildman–Crippen MR) is 214 cm³/mol. The van der Waals surface area contributed by atoms with Gasteiger partial charge in [0.1, 0.15) is 11.2 Å².